The topological polar surface area (TPSA) is 44.1 Å². The van der Waals surface area contributed by atoms with E-state index in [-0.39, 0.29) is 12.5 Å². The van der Waals surface area contributed by atoms with Crippen LogP contribution < -0.4 is 4.74 Å². The minimum absolute atomic E-state index is 0.0974. The molecule has 29 heavy (non-hydrogen) atoms. The number of rotatable bonds is 2. The van der Waals surface area contributed by atoms with Gasteiger partial charge in [-0.1, -0.05) is 71.7 Å². The van der Waals surface area contributed by atoms with Crippen molar-refractivity contribution in [2.45, 2.75) is 0 Å². The number of para-hydroxylation sites is 1. The van der Waals surface area contributed by atoms with Crippen molar-refractivity contribution in [3.8, 4) is 39.7 Å². The van der Waals surface area contributed by atoms with Crippen LogP contribution in [0.4, 0.5) is 0 Å². The molecule has 0 spiro atoms. The average molecular weight is 421 g/mol. The molecule has 142 valence electrons. The van der Waals surface area contributed by atoms with Crippen LogP contribution in [-0.2, 0) is 0 Å². The van der Waals surface area contributed by atoms with Crippen molar-refractivity contribution in [3.63, 3.8) is 0 Å². The summed E-state index contributed by atoms with van der Waals surface area (Å²) in [5.41, 5.74) is 3.38. The first-order chi connectivity index (χ1) is 14.1. The molecule has 0 saturated carbocycles. The number of carbonyl (C=O) groups excluding carboxylic acids is 1. The summed E-state index contributed by atoms with van der Waals surface area (Å²) >= 11 is 13.0. The summed E-state index contributed by atoms with van der Waals surface area (Å²) in [5, 5.41) is 1.07. The molecule has 0 saturated heterocycles. The van der Waals surface area contributed by atoms with Crippen molar-refractivity contribution in [2.24, 2.45) is 0 Å². The Kier molecular flexibility index (Phi) is 4.38. The molecule has 1 aromatic heterocycles. The van der Waals surface area contributed by atoms with Gasteiger partial charge in [-0.05, 0) is 24.3 Å². The van der Waals surface area contributed by atoms with Crippen LogP contribution in [0.25, 0.3) is 33.9 Å². The lowest BCUT2D eigenvalue weighted by Gasteiger charge is -2.11. The highest BCUT2D eigenvalue weighted by atomic mass is 35.5. The first kappa shape index (κ1) is 18.0. The van der Waals surface area contributed by atoms with Crippen molar-refractivity contribution < 1.29 is 9.53 Å². The third kappa shape index (κ3) is 2.92. The van der Waals surface area contributed by atoms with Crippen LogP contribution >= 0.6 is 23.2 Å². The molecule has 0 amide bonds. The molecular formula is C23H14Cl2N2O2. The number of nitrogens with zero attached hydrogens (tertiary/aromatic N) is 2. The molecule has 0 bridgehead atoms. The van der Waals surface area contributed by atoms with E-state index in [9.17, 15) is 4.79 Å². The van der Waals surface area contributed by atoms with Gasteiger partial charge in [-0.2, -0.15) is 0 Å². The molecule has 0 N–H and O–H groups in total. The number of hydrogen-bond donors (Lipinski definition) is 0. The van der Waals surface area contributed by atoms with E-state index in [4.69, 9.17) is 32.9 Å². The lowest BCUT2D eigenvalue weighted by atomic mass is 10.0. The number of halogens is 2. The number of imidazole rings is 1. The third-order valence-corrected chi connectivity index (χ3v) is 5.52. The van der Waals surface area contributed by atoms with Gasteiger partial charge in [0, 0.05) is 16.1 Å². The molecular weight excluding hydrogens is 407 g/mol. The van der Waals surface area contributed by atoms with Crippen molar-refractivity contribution in [3.05, 3.63) is 82.8 Å². The van der Waals surface area contributed by atoms with Gasteiger partial charge >= 0.3 is 0 Å². The molecule has 3 aromatic carbocycles. The van der Waals surface area contributed by atoms with Gasteiger partial charge in [0.15, 0.2) is 12.4 Å². The molecule has 0 fully saturated rings. The lowest BCUT2D eigenvalue weighted by Crippen LogP contribution is -2.18. The largest absolute Gasteiger partial charge is 0.483 e. The van der Waals surface area contributed by atoms with Crippen LogP contribution in [0.1, 0.15) is 4.79 Å². The quantitative estimate of drug-likeness (QED) is 0.386. The Morgan fingerprint density at radius 1 is 0.793 bits per heavy atom. The van der Waals surface area contributed by atoms with E-state index in [1.165, 1.54) is 0 Å². The lowest BCUT2D eigenvalue weighted by molar-refractivity contribution is 0.0848. The van der Waals surface area contributed by atoms with E-state index in [1.807, 2.05) is 60.7 Å². The second kappa shape index (κ2) is 7.07. The Labute approximate surface area is 177 Å². The Hall–Kier alpha value is -3.08. The number of fused-ring (bicyclic) bond motifs is 3. The van der Waals surface area contributed by atoms with Crippen LogP contribution in [0.5, 0.6) is 5.75 Å². The molecule has 2 heterocycles. The number of aromatic nitrogens is 2. The normalized spacial score (nSPS) is 12.7. The minimum atomic E-state index is -0.225. The molecule has 4 aromatic rings. The molecule has 0 radical (unpaired) electrons. The standard InChI is InChI=1S/C23H14Cl2N2O2/c24-17-10-4-1-7-14(17)21-22(15-8-2-5-11-18(15)25)27-20(28)13-29-19-12-6-3-9-16(19)23(27)26-21/h1-12H,13H2. The maximum atomic E-state index is 13.1. The Bertz CT molecular complexity index is 1260. The zero-order valence-electron chi connectivity index (χ0n) is 15.1. The van der Waals surface area contributed by atoms with Crippen LogP contribution in [-0.4, -0.2) is 22.1 Å². The van der Waals surface area contributed by atoms with E-state index >= 15 is 0 Å². The van der Waals surface area contributed by atoms with Gasteiger partial charge < -0.3 is 4.74 Å². The van der Waals surface area contributed by atoms with Gasteiger partial charge in [0.1, 0.15) is 5.75 Å². The molecule has 0 unspecified atom stereocenters. The van der Waals surface area contributed by atoms with E-state index in [2.05, 4.69) is 0 Å². The smallest absolute Gasteiger partial charge is 0.270 e. The fourth-order valence-corrected chi connectivity index (χ4v) is 4.02. The highest BCUT2D eigenvalue weighted by molar-refractivity contribution is 6.34. The Morgan fingerprint density at radius 2 is 1.38 bits per heavy atom. The second-order valence-corrected chi connectivity index (χ2v) is 7.42. The van der Waals surface area contributed by atoms with Gasteiger partial charge in [-0.25, -0.2) is 4.98 Å². The summed E-state index contributed by atoms with van der Waals surface area (Å²) < 4.78 is 7.31. The fraction of sp³-hybridized carbons (Fsp3) is 0.0435. The maximum absolute atomic E-state index is 13.1. The van der Waals surface area contributed by atoms with Gasteiger partial charge in [-0.3, -0.25) is 9.36 Å². The van der Waals surface area contributed by atoms with E-state index in [1.54, 1.807) is 16.7 Å². The minimum Gasteiger partial charge on any atom is -0.483 e. The predicted molar refractivity (Wildman–Crippen MR) is 115 cm³/mol. The summed E-state index contributed by atoms with van der Waals surface area (Å²) in [4.78, 5) is 18.0. The van der Waals surface area contributed by atoms with Gasteiger partial charge in [0.05, 0.1) is 22.0 Å². The molecule has 4 nitrogen and oxygen atoms in total. The van der Waals surface area contributed by atoms with Crippen LogP contribution in [0.3, 0.4) is 0 Å². The summed E-state index contributed by atoms with van der Waals surface area (Å²) in [6, 6.07) is 22.3. The number of hydrogen-bond acceptors (Lipinski definition) is 3. The molecule has 6 heteroatoms. The van der Waals surface area contributed by atoms with Crippen molar-refractivity contribution in [1.82, 2.24) is 9.55 Å². The van der Waals surface area contributed by atoms with Crippen molar-refractivity contribution in [2.75, 3.05) is 6.61 Å². The third-order valence-electron chi connectivity index (χ3n) is 4.86. The zero-order valence-corrected chi connectivity index (χ0v) is 16.6. The molecule has 5 rings (SSSR count). The summed E-state index contributed by atoms with van der Waals surface area (Å²) in [6.45, 7) is -0.0974. The highest BCUT2D eigenvalue weighted by Crippen LogP contribution is 2.43. The van der Waals surface area contributed by atoms with Crippen molar-refractivity contribution in [1.29, 1.82) is 0 Å². The van der Waals surface area contributed by atoms with Gasteiger partial charge in [0.25, 0.3) is 5.91 Å². The summed E-state index contributed by atoms with van der Waals surface area (Å²) in [5.74, 6) is 0.894. The average Bonchev–Trinajstić information content (AvgIpc) is 3.06. The number of carbonyl (C=O) groups is 1. The molecule has 1 aliphatic heterocycles. The van der Waals surface area contributed by atoms with Crippen LogP contribution in [0.15, 0.2) is 72.8 Å². The predicted octanol–water partition coefficient (Wildman–Crippen LogP) is 6.22. The number of benzene rings is 3. The van der Waals surface area contributed by atoms with Crippen molar-refractivity contribution >= 4 is 29.1 Å². The molecule has 0 atom stereocenters. The molecule has 0 aliphatic carbocycles. The Balaban J connectivity index is 1.91. The Morgan fingerprint density at radius 3 is 2.07 bits per heavy atom. The van der Waals surface area contributed by atoms with Gasteiger partial charge in [0.2, 0.25) is 0 Å². The fourth-order valence-electron chi connectivity index (χ4n) is 3.57. The van der Waals surface area contributed by atoms with E-state index in [0.717, 1.165) is 11.1 Å². The second-order valence-electron chi connectivity index (χ2n) is 6.61. The first-order valence-electron chi connectivity index (χ1n) is 9.03. The SMILES string of the molecule is O=C1COc2ccccc2-c2nc(-c3ccccc3Cl)c(-c3ccccc3Cl)n21. The van der Waals surface area contributed by atoms with E-state index < -0.39 is 0 Å². The van der Waals surface area contributed by atoms with Crippen LogP contribution in [0.2, 0.25) is 10.0 Å². The first-order valence-corrected chi connectivity index (χ1v) is 9.78. The van der Waals surface area contributed by atoms with Crippen LogP contribution in [0, 0.1) is 0 Å². The zero-order chi connectivity index (χ0) is 20.0. The molecule has 1 aliphatic rings. The summed E-state index contributed by atoms with van der Waals surface area (Å²) in [6.07, 6.45) is 0. The van der Waals surface area contributed by atoms with Gasteiger partial charge in [-0.15, -0.1) is 0 Å². The summed E-state index contributed by atoms with van der Waals surface area (Å²) in [7, 11) is 0. The van der Waals surface area contributed by atoms with E-state index in [0.29, 0.717) is 38.6 Å². The number of ether oxygens (including phenoxy) is 1. The maximum Gasteiger partial charge on any atom is 0.270 e. The monoisotopic (exact) mass is 420 g/mol. The highest BCUT2D eigenvalue weighted by Gasteiger charge is 2.30.